The molecule has 1 unspecified atom stereocenters. The normalized spacial score (nSPS) is 11.6. The second kappa shape index (κ2) is 9.09. The van der Waals surface area contributed by atoms with Crippen molar-refractivity contribution >= 4 is 28.6 Å². The zero-order chi connectivity index (χ0) is 21.7. The topological polar surface area (TPSA) is 106 Å². The van der Waals surface area contributed by atoms with Crippen molar-refractivity contribution in [1.29, 1.82) is 5.26 Å². The number of nitriles is 1. The van der Waals surface area contributed by atoms with Crippen LogP contribution in [0, 0.1) is 11.3 Å². The summed E-state index contributed by atoms with van der Waals surface area (Å²) in [6.45, 7) is 4.04. The van der Waals surface area contributed by atoms with Crippen molar-refractivity contribution in [2.45, 2.75) is 39.5 Å². The fourth-order valence-electron chi connectivity index (χ4n) is 3.22. The van der Waals surface area contributed by atoms with Crippen LogP contribution < -0.4 is 11.0 Å². The van der Waals surface area contributed by atoms with Gasteiger partial charge in [-0.05, 0) is 44.2 Å². The molecule has 0 bridgehead atoms. The summed E-state index contributed by atoms with van der Waals surface area (Å²) in [6.07, 6.45) is -1.06. The maximum absolute atomic E-state index is 12.6. The molecule has 8 nitrogen and oxygen atoms in total. The summed E-state index contributed by atoms with van der Waals surface area (Å²) in [6, 6.07) is 15.8. The number of rotatable bonds is 7. The highest BCUT2D eigenvalue weighted by molar-refractivity contribution is 5.95. The molecule has 1 amide bonds. The van der Waals surface area contributed by atoms with Crippen molar-refractivity contribution in [3.8, 4) is 6.07 Å². The molecule has 1 aromatic heterocycles. The van der Waals surface area contributed by atoms with Crippen LogP contribution in [0.15, 0.2) is 53.3 Å². The number of benzene rings is 2. The Bertz CT molecular complexity index is 1190. The molecule has 154 valence electrons. The Kier molecular flexibility index (Phi) is 6.32. The van der Waals surface area contributed by atoms with E-state index in [1.807, 2.05) is 37.3 Å². The Labute approximate surface area is 173 Å². The van der Waals surface area contributed by atoms with Gasteiger partial charge in [-0.25, -0.2) is 4.79 Å². The van der Waals surface area contributed by atoms with E-state index in [1.54, 1.807) is 22.8 Å². The number of carbonyl (C=O) groups excluding carboxylic acids is 2. The van der Waals surface area contributed by atoms with Gasteiger partial charge in [0.05, 0.1) is 29.1 Å². The molecule has 1 atom stereocenters. The highest BCUT2D eigenvalue weighted by Crippen LogP contribution is 2.14. The van der Waals surface area contributed by atoms with Crippen LogP contribution >= 0.6 is 0 Å². The third kappa shape index (κ3) is 4.41. The molecular weight excluding hydrogens is 384 g/mol. The minimum absolute atomic E-state index is 0.0425. The number of nitrogens with zero attached hydrogens (tertiary/aromatic N) is 3. The van der Waals surface area contributed by atoms with E-state index in [9.17, 15) is 14.4 Å². The van der Waals surface area contributed by atoms with E-state index in [2.05, 4.69) is 5.32 Å². The minimum Gasteiger partial charge on any atom is -0.452 e. The minimum atomic E-state index is -1.02. The number of anilines is 1. The average Bonchev–Trinajstić information content (AvgIpc) is 3.02. The molecule has 1 N–H and O–H groups in total. The third-order valence-corrected chi connectivity index (χ3v) is 4.72. The fourth-order valence-corrected chi connectivity index (χ4v) is 3.22. The maximum Gasteiger partial charge on any atom is 0.329 e. The Hall–Kier alpha value is -3.86. The first-order valence-electron chi connectivity index (χ1n) is 9.63. The van der Waals surface area contributed by atoms with Crippen molar-refractivity contribution in [2.75, 3.05) is 5.32 Å². The number of aryl methyl sites for hydroxylation is 2. The van der Waals surface area contributed by atoms with Gasteiger partial charge < -0.3 is 10.1 Å². The Morgan fingerprint density at radius 2 is 1.83 bits per heavy atom. The van der Waals surface area contributed by atoms with Crippen LogP contribution in [0.5, 0.6) is 0 Å². The van der Waals surface area contributed by atoms with E-state index in [4.69, 9.17) is 10.00 Å². The van der Waals surface area contributed by atoms with Gasteiger partial charge in [-0.15, -0.1) is 0 Å². The number of imidazole rings is 1. The maximum atomic E-state index is 12.6. The quantitative estimate of drug-likeness (QED) is 0.607. The summed E-state index contributed by atoms with van der Waals surface area (Å²) in [5, 5.41) is 11.5. The van der Waals surface area contributed by atoms with Gasteiger partial charge in [-0.2, -0.15) is 5.26 Å². The molecule has 3 rings (SSSR count). The van der Waals surface area contributed by atoms with Crippen LogP contribution in [0.25, 0.3) is 11.0 Å². The number of para-hydroxylation sites is 2. The fraction of sp³-hybridized carbons (Fsp3) is 0.273. The van der Waals surface area contributed by atoms with Gasteiger partial charge in [0.15, 0.2) is 6.10 Å². The number of hydrogen-bond acceptors (Lipinski definition) is 5. The van der Waals surface area contributed by atoms with E-state index >= 15 is 0 Å². The average molecular weight is 406 g/mol. The molecule has 1 heterocycles. The second-order valence-corrected chi connectivity index (χ2v) is 6.73. The number of hydrogen-bond donors (Lipinski definition) is 1. The Morgan fingerprint density at radius 3 is 2.50 bits per heavy atom. The van der Waals surface area contributed by atoms with Crippen LogP contribution in [0.4, 0.5) is 5.69 Å². The number of ether oxygens (including phenoxy) is 1. The molecule has 0 saturated carbocycles. The van der Waals surface area contributed by atoms with Crippen LogP contribution in [0.1, 0.15) is 25.8 Å². The molecule has 0 aliphatic carbocycles. The summed E-state index contributed by atoms with van der Waals surface area (Å²) in [5.41, 5.74) is 2.23. The molecule has 0 fully saturated rings. The first kappa shape index (κ1) is 20.9. The predicted molar refractivity (Wildman–Crippen MR) is 112 cm³/mol. The van der Waals surface area contributed by atoms with Gasteiger partial charge in [0.25, 0.3) is 5.91 Å². The summed E-state index contributed by atoms with van der Waals surface area (Å²) in [4.78, 5) is 37.1. The lowest BCUT2D eigenvalue weighted by Gasteiger charge is -2.14. The smallest absolute Gasteiger partial charge is 0.329 e. The van der Waals surface area contributed by atoms with Crippen molar-refractivity contribution < 1.29 is 14.3 Å². The van der Waals surface area contributed by atoms with Gasteiger partial charge in [-0.1, -0.05) is 18.2 Å². The summed E-state index contributed by atoms with van der Waals surface area (Å²) >= 11 is 0. The van der Waals surface area contributed by atoms with E-state index in [1.165, 1.54) is 17.6 Å². The van der Waals surface area contributed by atoms with Gasteiger partial charge in [0.2, 0.25) is 0 Å². The molecule has 0 saturated heterocycles. The van der Waals surface area contributed by atoms with Crippen molar-refractivity contribution in [2.24, 2.45) is 0 Å². The number of fused-ring (bicyclic) bond motifs is 1. The Morgan fingerprint density at radius 1 is 1.13 bits per heavy atom. The molecular formula is C22H22N4O4. The molecule has 30 heavy (non-hydrogen) atoms. The molecule has 0 aliphatic rings. The lowest BCUT2D eigenvalue weighted by molar-refractivity contribution is -0.153. The predicted octanol–water partition coefficient (Wildman–Crippen LogP) is 2.66. The molecule has 8 heteroatoms. The summed E-state index contributed by atoms with van der Waals surface area (Å²) in [5.74, 6) is -1.08. The zero-order valence-corrected chi connectivity index (χ0v) is 16.8. The van der Waals surface area contributed by atoms with Crippen LogP contribution in [-0.2, 0) is 27.4 Å². The first-order chi connectivity index (χ1) is 14.4. The highest BCUT2D eigenvalue weighted by atomic mass is 16.5. The van der Waals surface area contributed by atoms with Gasteiger partial charge in [0.1, 0.15) is 0 Å². The van der Waals surface area contributed by atoms with Crippen molar-refractivity contribution in [1.82, 2.24) is 9.13 Å². The molecule has 0 aliphatic heterocycles. The van der Waals surface area contributed by atoms with E-state index in [-0.39, 0.29) is 18.7 Å². The number of esters is 1. The standard InChI is InChI=1S/C22H22N4O4/c1-3-25-18-9-4-5-10-19(18)26(22(25)29)12-11-20(27)30-15(2)21(28)24-17-8-6-7-16(13-17)14-23/h4-10,13,15H,3,11-12H2,1-2H3,(H,24,28). The number of amides is 1. The number of carbonyl (C=O) groups is 2. The van der Waals surface area contributed by atoms with Gasteiger partial charge in [0, 0.05) is 18.8 Å². The van der Waals surface area contributed by atoms with Crippen molar-refractivity contribution in [3.05, 3.63) is 64.6 Å². The van der Waals surface area contributed by atoms with Crippen LogP contribution in [0.2, 0.25) is 0 Å². The van der Waals surface area contributed by atoms with Crippen LogP contribution in [-0.4, -0.2) is 27.1 Å². The first-order valence-corrected chi connectivity index (χ1v) is 9.63. The van der Waals surface area contributed by atoms with Gasteiger partial charge >= 0.3 is 11.7 Å². The summed E-state index contributed by atoms with van der Waals surface area (Å²) in [7, 11) is 0. The van der Waals surface area contributed by atoms with Gasteiger partial charge in [-0.3, -0.25) is 18.7 Å². The highest BCUT2D eigenvalue weighted by Gasteiger charge is 2.19. The zero-order valence-electron chi connectivity index (χ0n) is 16.8. The monoisotopic (exact) mass is 406 g/mol. The largest absolute Gasteiger partial charge is 0.452 e. The van der Waals surface area contributed by atoms with E-state index in [0.29, 0.717) is 17.8 Å². The molecule has 3 aromatic rings. The summed E-state index contributed by atoms with van der Waals surface area (Å²) < 4.78 is 8.39. The Balaban J connectivity index is 1.61. The van der Waals surface area contributed by atoms with Crippen molar-refractivity contribution in [3.63, 3.8) is 0 Å². The number of aromatic nitrogens is 2. The van der Waals surface area contributed by atoms with E-state index in [0.717, 1.165) is 11.0 Å². The molecule has 0 spiro atoms. The lowest BCUT2D eigenvalue weighted by Crippen LogP contribution is -2.31. The lowest BCUT2D eigenvalue weighted by atomic mass is 10.2. The number of nitrogens with one attached hydrogen (secondary N) is 1. The third-order valence-electron chi connectivity index (χ3n) is 4.72. The molecule has 2 aromatic carbocycles. The van der Waals surface area contributed by atoms with Crippen LogP contribution in [0.3, 0.4) is 0 Å². The van der Waals surface area contributed by atoms with E-state index < -0.39 is 18.0 Å². The second-order valence-electron chi connectivity index (χ2n) is 6.73. The SMILES string of the molecule is CCn1c(=O)n(CCC(=O)OC(C)C(=O)Nc2cccc(C#N)c2)c2ccccc21. The molecule has 0 radical (unpaired) electrons.